The Hall–Kier alpha value is -4.40. The number of aliphatic carboxylic acids is 1. The van der Waals surface area contributed by atoms with Crippen LogP contribution in [0.4, 0.5) is 6.01 Å². The lowest BCUT2D eigenvalue weighted by molar-refractivity contribution is -0.689. The van der Waals surface area contributed by atoms with Crippen molar-refractivity contribution >= 4 is 47.2 Å². The lowest BCUT2D eigenvalue weighted by Gasteiger charge is -2.50. The van der Waals surface area contributed by atoms with Crippen LogP contribution < -0.4 is 26.5 Å². The second kappa shape index (κ2) is 9.46. The number of nitrogens with zero attached hydrogens (tertiary/aromatic N) is 4. The summed E-state index contributed by atoms with van der Waals surface area (Å²) in [7, 11) is 1.22. The Morgan fingerprint density at radius 3 is 2.69 bits per heavy atom. The van der Waals surface area contributed by atoms with Gasteiger partial charge >= 0.3 is 0 Å². The number of anilines is 1. The van der Waals surface area contributed by atoms with Gasteiger partial charge in [0.1, 0.15) is 30.5 Å². The van der Waals surface area contributed by atoms with Gasteiger partial charge in [0.2, 0.25) is 5.91 Å². The lowest BCUT2D eigenvalue weighted by atomic mass is 10.0. The van der Waals surface area contributed by atoms with Crippen LogP contribution in [0, 0.1) is 0 Å². The van der Waals surface area contributed by atoms with Crippen LogP contribution in [-0.4, -0.2) is 63.6 Å². The number of carbonyl (C=O) groups is 4. The number of nitrogens with one attached hydrogen (secondary N) is 1. The molecule has 0 unspecified atom stereocenters. The highest BCUT2D eigenvalue weighted by molar-refractivity contribution is 8.00. The first kappa shape index (κ1) is 23.7. The number of rotatable bonds is 8. The molecule has 0 saturated carbocycles. The molecular formula is C20H19N7O7S. The second-order valence-electron chi connectivity index (χ2n) is 7.42. The van der Waals surface area contributed by atoms with Crippen molar-refractivity contribution in [2.45, 2.75) is 18.0 Å². The van der Waals surface area contributed by atoms with E-state index >= 15 is 0 Å². The summed E-state index contributed by atoms with van der Waals surface area (Å²) < 4.78 is 6.53. The third-order valence-electron chi connectivity index (χ3n) is 5.24. The quantitative estimate of drug-likeness (QED) is 0.145. The maximum Gasteiger partial charge on any atom is 0.292 e. The summed E-state index contributed by atoms with van der Waals surface area (Å²) in [4.78, 5) is 58.4. The van der Waals surface area contributed by atoms with Gasteiger partial charge in [-0.1, -0.05) is 5.16 Å². The van der Waals surface area contributed by atoms with Crippen molar-refractivity contribution in [2.24, 2.45) is 10.9 Å². The molecule has 4 heterocycles. The fourth-order valence-electron chi connectivity index (χ4n) is 3.64. The van der Waals surface area contributed by atoms with Gasteiger partial charge in [0.15, 0.2) is 24.7 Å². The van der Waals surface area contributed by atoms with Gasteiger partial charge in [-0.3, -0.25) is 19.3 Å². The normalized spacial score (nSPS) is 19.6. The number of thioether (sulfide) groups is 1. The number of carboxylic acids is 1. The third kappa shape index (κ3) is 4.52. The number of hydrogen-bond acceptors (Lipinski definition) is 11. The highest BCUT2D eigenvalue weighted by Gasteiger charge is 2.53. The van der Waals surface area contributed by atoms with E-state index in [9.17, 15) is 24.3 Å². The molecule has 1 fully saturated rings. The van der Waals surface area contributed by atoms with Crippen molar-refractivity contribution in [1.82, 2.24) is 15.2 Å². The molecule has 0 spiro atoms. The Morgan fingerprint density at radius 2 is 2.11 bits per heavy atom. The first-order valence-corrected chi connectivity index (χ1v) is 11.1. The standard InChI is InChI=1S/C20H19N7O7S/c1-33-25-12(11-7-34-20(22)23-11)16(29)24-13-17(30)27-14(19(31)32)10(8-35-18(13)27)6-26-4-2-9(3-5-26)15(21)28/h2-5,7,13,18H,6,8H2,1H3,(H5-,21,22,23,24,28,29,31,32)/b25-12-/t13-,18-/m1/s1. The number of β-lactam (4-membered cyclic amide) rings is 1. The van der Waals surface area contributed by atoms with Gasteiger partial charge in [-0.05, 0) is 0 Å². The maximum atomic E-state index is 12.9. The van der Waals surface area contributed by atoms with Crippen LogP contribution in [0.25, 0.3) is 0 Å². The molecule has 2 atom stereocenters. The first-order chi connectivity index (χ1) is 16.7. The molecule has 2 aliphatic rings. The molecule has 0 aliphatic carbocycles. The summed E-state index contributed by atoms with van der Waals surface area (Å²) in [5.74, 6) is -3.26. The van der Waals surface area contributed by atoms with Crippen LogP contribution in [0.5, 0.6) is 0 Å². The minimum Gasteiger partial charge on any atom is -0.543 e. The molecule has 2 aliphatic heterocycles. The third-order valence-corrected chi connectivity index (χ3v) is 6.58. The number of nitrogen functional groups attached to an aromatic ring is 1. The summed E-state index contributed by atoms with van der Waals surface area (Å²) in [6, 6.07) is 1.80. The highest BCUT2D eigenvalue weighted by atomic mass is 32.2. The number of carbonyl (C=O) groups excluding carboxylic acids is 4. The Labute approximate surface area is 201 Å². The smallest absolute Gasteiger partial charge is 0.292 e. The Bertz CT molecular complexity index is 1270. The average molecular weight is 501 g/mol. The van der Waals surface area contributed by atoms with E-state index in [4.69, 9.17) is 15.9 Å². The molecule has 15 heteroatoms. The van der Waals surface area contributed by atoms with E-state index in [1.807, 2.05) is 0 Å². The van der Waals surface area contributed by atoms with Crippen molar-refractivity contribution in [1.29, 1.82) is 0 Å². The SMILES string of the molecule is CO/N=C(\C(=O)N[C@@H]1C(=O)N2C(C(=O)[O-])=C(C[n+]3ccc(C(N)=O)cc3)CS[C@H]12)c1coc(N)n1. The van der Waals surface area contributed by atoms with Gasteiger partial charge in [-0.2, -0.15) is 4.98 Å². The Kier molecular flexibility index (Phi) is 6.42. The van der Waals surface area contributed by atoms with Crippen LogP contribution in [-0.2, 0) is 25.8 Å². The number of primary amides is 1. The van der Waals surface area contributed by atoms with Crippen LogP contribution in [0.15, 0.2) is 51.6 Å². The van der Waals surface area contributed by atoms with Gasteiger partial charge in [-0.15, -0.1) is 11.8 Å². The van der Waals surface area contributed by atoms with Crippen LogP contribution in [0.1, 0.15) is 16.1 Å². The van der Waals surface area contributed by atoms with Gasteiger partial charge < -0.3 is 35.9 Å². The van der Waals surface area contributed by atoms with Gasteiger partial charge in [0.25, 0.3) is 17.8 Å². The fraction of sp³-hybridized carbons (Fsp3) is 0.250. The zero-order valence-electron chi connectivity index (χ0n) is 18.2. The molecule has 14 nitrogen and oxygen atoms in total. The second-order valence-corrected chi connectivity index (χ2v) is 8.52. The number of oxime groups is 1. The molecule has 1 saturated heterocycles. The van der Waals surface area contributed by atoms with Gasteiger partial charge in [-0.25, -0.2) is 4.57 Å². The summed E-state index contributed by atoms with van der Waals surface area (Å²) in [6.45, 7) is 0.140. The molecule has 2 aromatic heterocycles. The van der Waals surface area contributed by atoms with E-state index in [0.717, 1.165) is 11.2 Å². The predicted octanol–water partition coefficient (Wildman–Crippen LogP) is -2.90. The van der Waals surface area contributed by atoms with E-state index in [2.05, 4.69) is 20.3 Å². The predicted molar refractivity (Wildman–Crippen MR) is 117 cm³/mol. The molecule has 0 bridgehead atoms. The number of oxazole rings is 1. The van der Waals surface area contributed by atoms with Crippen LogP contribution >= 0.6 is 11.8 Å². The van der Waals surface area contributed by atoms with Crippen LogP contribution in [0.2, 0.25) is 0 Å². The van der Waals surface area contributed by atoms with Gasteiger partial charge in [0.05, 0.1) is 17.2 Å². The molecule has 0 radical (unpaired) electrons. The van der Waals surface area contributed by atoms with E-state index in [1.165, 1.54) is 31.0 Å². The van der Waals surface area contributed by atoms with Crippen molar-refractivity contribution < 1.29 is 38.1 Å². The van der Waals surface area contributed by atoms with E-state index in [0.29, 0.717) is 11.1 Å². The summed E-state index contributed by atoms with van der Waals surface area (Å²) in [5.41, 5.74) is 10.9. The molecule has 5 N–H and O–H groups in total. The number of nitrogens with two attached hydrogens (primary N) is 2. The summed E-state index contributed by atoms with van der Waals surface area (Å²) >= 11 is 1.28. The average Bonchev–Trinajstić information content (AvgIpc) is 3.26. The van der Waals surface area contributed by atoms with Crippen molar-refractivity contribution in [3.8, 4) is 0 Å². The van der Waals surface area contributed by atoms with Crippen molar-refractivity contribution in [3.05, 3.63) is 53.3 Å². The first-order valence-electron chi connectivity index (χ1n) is 10.0. The molecule has 35 heavy (non-hydrogen) atoms. The lowest BCUT2D eigenvalue weighted by Crippen LogP contribution is -2.71. The number of amides is 3. The zero-order chi connectivity index (χ0) is 25.3. The largest absolute Gasteiger partial charge is 0.543 e. The number of fused-ring (bicyclic) bond motifs is 1. The zero-order valence-corrected chi connectivity index (χ0v) is 19.0. The minimum absolute atomic E-state index is 0.00115. The topological polar surface area (TPSA) is 210 Å². The van der Waals surface area contributed by atoms with E-state index < -0.39 is 35.1 Å². The maximum absolute atomic E-state index is 12.9. The molecule has 3 amide bonds. The number of aromatic nitrogens is 2. The monoisotopic (exact) mass is 501 g/mol. The summed E-state index contributed by atoms with van der Waals surface area (Å²) in [6.07, 6.45) is 4.25. The number of hydrogen-bond donors (Lipinski definition) is 3. The highest BCUT2D eigenvalue weighted by Crippen LogP contribution is 2.40. The van der Waals surface area contributed by atoms with Gasteiger partial charge in [0, 0.05) is 23.5 Å². The Morgan fingerprint density at radius 1 is 1.40 bits per heavy atom. The molecule has 0 aromatic carbocycles. The Balaban J connectivity index is 1.52. The van der Waals surface area contributed by atoms with Crippen LogP contribution in [0.3, 0.4) is 0 Å². The molecule has 2 aromatic rings. The fourth-order valence-corrected chi connectivity index (χ4v) is 4.98. The minimum atomic E-state index is -1.52. The molecular weight excluding hydrogens is 482 g/mol. The molecule has 4 rings (SSSR count). The number of carboxylic acid groups (broad SMARTS) is 1. The van der Waals surface area contributed by atoms with E-state index in [-0.39, 0.29) is 35.4 Å². The van der Waals surface area contributed by atoms with Crippen molar-refractivity contribution in [2.75, 3.05) is 18.6 Å². The van der Waals surface area contributed by atoms with E-state index in [1.54, 1.807) is 17.0 Å². The molecule has 182 valence electrons. The van der Waals surface area contributed by atoms with Crippen molar-refractivity contribution in [3.63, 3.8) is 0 Å². The summed E-state index contributed by atoms with van der Waals surface area (Å²) in [5, 5.41) is 17.4. The number of pyridine rings is 1.